The molecule has 0 saturated carbocycles. The van der Waals surface area contributed by atoms with Gasteiger partial charge in [0.05, 0.1) is 0 Å². The van der Waals surface area contributed by atoms with Gasteiger partial charge in [0.2, 0.25) is 5.13 Å². The van der Waals surface area contributed by atoms with Crippen LogP contribution in [-0.4, -0.2) is 41.3 Å². The van der Waals surface area contributed by atoms with Gasteiger partial charge in [0, 0.05) is 12.6 Å². The molecule has 4 nitrogen and oxygen atoms in total. The van der Waals surface area contributed by atoms with Crippen molar-refractivity contribution in [3.8, 4) is 0 Å². The number of rotatable bonds is 2. The summed E-state index contributed by atoms with van der Waals surface area (Å²) in [4.78, 5) is 2.37. The topological polar surface area (TPSA) is 41.0 Å². The van der Waals surface area contributed by atoms with Gasteiger partial charge in [-0.1, -0.05) is 18.3 Å². The smallest absolute Gasteiger partial charge is 0.206 e. The van der Waals surface area contributed by atoms with E-state index in [9.17, 15) is 0 Å². The Morgan fingerprint density at radius 1 is 1.53 bits per heavy atom. The fourth-order valence-electron chi connectivity index (χ4n) is 1.99. The van der Waals surface area contributed by atoms with Crippen LogP contribution in [0.2, 0.25) is 0 Å². The summed E-state index contributed by atoms with van der Waals surface area (Å²) in [6, 6.07) is 0.529. The van der Waals surface area contributed by atoms with E-state index < -0.39 is 0 Å². The minimum absolute atomic E-state index is 0.529. The van der Waals surface area contributed by atoms with Gasteiger partial charge < -0.3 is 10.2 Å². The molecular formula is C9H15BrN4S. The first kappa shape index (κ1) is 11.3. The maximum atomic E-state index is 4.06. The van der Waals surface area contributed by atoms with Gasteiger partial charge >= 0.3 is 0 Å². The summed E-state index contributed by atoms with van der Waals surface area (Å²) in [5.74, 6) is 0.659. The Morgan fingerprint density at radius 3 is 2.93 bits per heavy atom. The highest BCUT2D eigenvalue weighted by Crippen LogP contribution is 2.24. The standard InChI is InChI=1S/C9H15BrN4S/c1-6-5-14(2)4-3-7(6)11-9-13-12-8(10)15-9/h6-7H,3-5H2,1-2H3,(H,11,13). The summed E-state index contributed by atoms with van der Waals surface area (Å²) in [5, 5.41) is 12.4. The lowest BCUT2D eigenvalue weighted by Crippen LogP contribution is -2.43. The lowest BCUT2D eigenvalue weighted by molar-refractivity contribution is 0.206. The second kappa shape index (κ2) is 4.76. The molecular weight excluding hydrogens is 276 g/mol. The second-order valence-electron chi connectivity index (χ2n) is 4.14. The van der Waals surface area contributed by atoms with Gasteiger partial charge in [0.1, 0.15) is 0 Å². The van der Waals surface area contributed by atoms with Crippen LogP contribution in [-0.2, 0) is 0 Å². The lowest BCUT2D eigenvalue weighted by atomic mass is 9.94. The minimum atomic E-state index is 0.529. The molecule has 1 fully saturated rings. The molecule has 0 aromatic carbocycles. The predicted molar refractivity (Wildman–Crippen MR) is 66.3 cm³/mol. The monoisotopic (exact) mass is 290 g/mol. The predicted octanol–water partition coefficient (Wildman–Crippen LogP) is 2.05. The summed E-state index contributed by atoms with van der Waals surface area (Å²) < 4.78 is 0.839. The molecule has 0 aliphatic carbocycles. The van der Waals surface area contributed by atoms with E-state index in [-0.39, 0.29) is 0 Å². The number of likely N-dealkylation sites (tertiary alicyclic amines) is 1. The Bertz CT molecular complexity index is 330. The number of piperidine rings is 1. The SMILES string of the molecule is CC1CN(C)CCC1Nc1nnc(Br)s1. The molecule has 1 aliphatic rings. The van der Waals surface area contributed by atoms with E-state index in [4.69, 9.17) is 0 Å². The molecule has 6 heteroatoms. The normalized spacial score (nSPS) is 27.9. The van der Waals surface area contributed by atoms with E-state index in [0.717, 1.165) is 22.1 Å². The molecule has 0 radical (unpaired) electrons. The zero-order valence-electron chi connectivity index (χ0n) is 8.90. The van der Waals surface area contributed by atoms with Gasteiger partial charge in [-0.15, -0.1) is 10.2 Å². The molecule has 2 heterocycles. The average Bonchev–Trinajstić information content (AvgIpc) is 2.56. The number of hydrogen-bond acceptors (Lipinski definition) is 5. The largest absolute Gasteiger partial charge is 0.357 e. The molecule has 2 unspecified atom stereocenters. The maximum absolute atomic E-state index is 4.06. The summed E-state index contributed by atoms with van der Waals surface area (Å²) >= 11 is 4.87. The summed E-state index contributed by atoms with van der Waals surface area (Å²) in [5.41, 5.74) is 0. The Hall–Kier alpha value is -0.200. The highest BCUT2D eigenvalue weighted by molar-refractivity contribution is 9.11. The van der Waals surface area contributed by atoms with E-state index >= 15 is 0 Å². The van der Waals surface area contributed by atoms with Crippen molar-refractivity contribution in [1.29, 1.82) is 0 Å². The van der Waals surface area contributed by atoms with Crippen LogP contribution in [0, 0.1) is 5.92 Å². The molecule has 84 valence electrons. The Morgan fingerprint density at radius 2 is 2.33 bits per heavy atom. The molecule has 1 aromatic rings. The number of halogens is 1. The van der Waals surface area contributed by atoms with Crippen molar-refractivity contribution in [3.05, 3.63) is 3.92 Å². The van der Waals surface area contributed by atoms with Crippen LogP contribution in [0.25, 0.3) is 0 Å². The van der Waals surface area contributed by atoms with Crippen molar-refractivity contribution in [2.75, 3.05) is 25.5 Å². The summed E-state index contributed by atoms with van der Waals surface area (Å²) in [7, 11) is 2.17. The van der Waals surface area contributed by atoms with Gasteiger partial charge in [0.15, 0.2) is 3.92 Å². The number of hydrogen-bond donors (Lipinski definition) is 1. The van der Waals surface area contributed by atoms with Crippen LogP contribution in [0.15, 0.2) is 3.92 Å². The Balaban J connectivity index is 1.94. The first-order chi connectivity index (χ1) is 7.15. The van der Waals surface area contributed by atoms with Crippen LogP contribution in [0.1, 0.15) is 13.3 Å². The van der Waals surface area contributed by atoms with Crippen LogP contribution in [0.4, 0.5) is 5.13 Å². The van der Waals surface area contributed by atoms with Crippen molar-refractivity contribution >= 4 is 32.4 Å². The minimum Gasteiger partial charge on any atom is -0.357 e. The third-order valence-corrected chi connectivity index (χ3v) is 4.10. The molecule has 2 rings (SSSR count). The quantitative estimate of drug-likeness (QED) is 0.905. The van der Waals surface area contributed by atoms with E-state index in [1.54, 1.807) is 11.3 Å². The Kier molecular flexibility index (Phi) is 3.58. The van der Waals surface area contributed by atoms with Crippen molar-refractivity contribution in [3.63, 3.8) is 0 Å². The van der Waals surface area contributed by atoms with E-state index in [1.807, 2.05) is 0 Å². The van der Waals surface area contributed by atoms with E-state index in [2.05, 4.69) is 50.3 Å². The van der Waals surface area contributed by atoms with Gasteiger partial charge in [-0.25, -0.2) is 0 Å². The molecule has 0 amide bonds. The van der Waals surface area contributed by atoms with Gasteiger partial charge in [-0.05, 0) is 41.9 Å². The van der Waals surface area contributed by atoms with Crippen molar-refractivity contribution < 1.29 is 0 Å². The highest BCUT2D eigenvalue weighted by atomic mass is 79.9. The van der Waals surface area contributed by atoms with Crippen LogP contribution in [0.5, 0.6) is 0 Å². The fourth-order valence-corrected chi connectivity index (χ4v) is 3.06. The molecule has 0 spiro atoms. The molecule has 1 aromatic heterocycles. The number of nitrogens with zero attached hydrogens (tertiary/aromatic N) is 3. The molecule has 0 bridgehead atoms. The van der Waals surface area contributed by atoms with Gasteiger partial charge in [-0.2, -0.15) is 0 Å². The first-order valence-electron chi connectivity index (χ1n) is 5.09. The molecule has 1 saturated heterocycles. The zero-order chi connectivity index (χ0) is 10.8. The van der Waals surface area contributed by atoms with Crippen LogP contribution >= 0.6 is 27.3 Å². The zero-order valence-corrected chi connectivity index (χ0v) is 11.3. The third kappa shape index (κ3) is 2.89. The molecule has 1 N–H and O–H groups in total. The van der Waals surface area contributed by atoms with E-state index in [1.165, 1.54) is 6.42 Å². The number of anilines is 1. The summed E-state index contributed by atoms with van der Waals surface area (Å²) in [6.07, 6.45) is 1.18. The first-order valence-corrected chi connectivity index (χ1v) is 6.70. The van der Waals surface area contributed by atoms with Crippen LogP contribution < -0.4 is 5.32 Å². The van der Waals surface area contributed by atoms with Gasteiger partial charge in [-0.3, -0.25) is 0 Å². The third-order valence-electron chi connectivity index (χ3n) is 2.82. The molecule has 15 heavy (non-hydrogen) atoms. The summed E-state index contributed by atoms with van der Waals surface area (Å²) in [6.45, 7) is 4.59. The highest BCUT2D eigenvalue weighted by Gasteiger charge is 2.24. The maximum Gasteiger partial charge on any atom is 0.206 e. The average molecular weight is 291 g/mol. The van der Waals surface area contributed by atoms with Crippen molar-refractivity contribution in [2.24, 2.45) is 5.92 Å². The van der Waals surface area contributed by atoms with E-state index in [0.29, 0.717) is 12.0 Å². The van der Waals surface area contributed by atoms with Crippen molar-refractivity contribution in [2.45, 2.75) is 19.4 Å². The van der Waals surface area contributed by atoms with Gasteiger partial charge in [0.25, 0.3) is 0 Å². The lowest BCUT2D eigenvalue weighted by Gasteiger charge is -2.34. The number of nitrogens with one attached hydrogen (secondary N) is 1. The second-order valence-corrected chi connectivity index (χ2v) is 6.39. The number of aromatic nitrogens is 2. The van der Waals surface area contributed by atoms with Crippen molar-refractivity contribution in [1.82, 2.24) is 15.1 Å². The molecule has 2 atom stereocenters. The molecule has 1 aliphatic heterocycles. The fraction of sp³-hybridized carbons (Fsp3) is 0.778. The van der Waals surface area contributed by atoms with Crippen LogP contribution in [0.3, 0.4) is 0 Å². The Labute approximate surface area is 102 Å².